The Kier molecular flexibility index (Phi) is 9.45. The fourth-order valence-corrected chi connectivity index (χ4v) is 4.21. The van der Waals surface area contributed by atoms with Crippen LogP contribution in [-0.2, 0) is 26.1 Å². The average molecular weight is 495 g/mol. The molecule has 178 valence electrons. The third kappa shape index (κ3) is 7.59. The van der Waals surface area contributed by atoms with Crippen LogP contribution in [0.25, 0.3) is 0 Å². The molecule has 2 aromatic carbocycles. The van der Waals surface area contributed by atoms with Crippen LogP contribution in [0.5, 0.6) is 5.75 Å². The number of likely N-dealkylation sites (N-methyl/N-ethyl adjacent to an activating group) is 1. The maximum atomic E-state index is 12.9. The summed E-state index contributed by atoms with van der Waals surface area (Å²) in [5, 5.41) is 0.537. The van der Waals surface area contributed by atoms with Crippen molar-refractivity contribution < 1.29 is 27.5 Å². The summed E-state index contributed by atoms with van der Waals surface area (Å²) in [7, 11) is -2.71. The lowest BCUT2D eigenvalue weighted by Crippen LogP contribution is -2.35. The van der Waals surface area contributed by atoms with Crippen molar-refractivity contribution in [3.05, 3.63) is 70.8 Å². The highest BCUT2D eigenvalue weighted by Crippen LogP contribution is 2.25. The largest absolute Gasteiger partial charge is 0.495 e. The van der Waals surface area contributed by atoms with Crippen molar-refractivity contribution in [3.8, 4) is 5.75 Å². The molecule has 1 N–H and O–H groups in total. The van der Waals surface area contributed by atoms with Crippen molar-refractivity contribution in [2.75, 3.05) is 26.8 Å². The zero-order chi connectivity index (χ0) is 24.6. The van der Waals surface area contributed by atoms with Gasteiger partial charge in [-0.25, -0.2) is 17.9 Å². The van der Waals surface area contributed by atoms with Crippen molar-refractivity contribution in [3.63, 3.8) is 0 Å². The number of carbonyl (C=O) groups is 2. The first-order valence-corrected chi connectivity index (χ1v) is 11.9. The molecular weight excluding hydrogens is 468 g/mol. The lowest BCUT2D eigenvalue weighted by Gasteiger charge is -2.20. The van der Waals surface area contributed by atoms with E-state index in [2.05, 4.69) is 11.3 Å². The molecule has 0 bridgehead atoms. The quantitative estimate of drug-likeness (QED) is 0.379. The predicted octanol–water partition coefficient (Wildman–Crippen LogP) is 3.41. The van der Waals surface area contributed by atoms with E-state index in [1.165, 1.54) is 24.1 Å². The van der Waals surface area contributed by atoms with Crippen molar-refractivity contribution >= 4 is 33.5 Å². The number of hydrogen-bond acceptors (Lipinski definition) is 6. The molecule has 10 heteroatoms. The molecule has 0 fully saturated rings. The van der Waals surface area contributed by atoms with Crippen LogP contribution in [0.2, 0.25) is 5.02 Å². The van der Waals surface area contributed by atoms with Crippen LogP contribution in [0.1, 0.15) is 29.8 Å². The molecule has 0 heterocycles. The van der Waals surface area contributed by atoms with E-state index < -0.39 is 22.6 Å². The Morgan fingerprint density at radius 1 is 1.15 bits per heavy atom. The Balaban J connectivity index is 2.15. The van der Waals surface area contributed by atoms with E-state index in [0.29, 0.717) is 23.7 Å². The number of rotatable bonds is 11. The third-order valence-corrected chi connectivity index (χ3v) is 6.26. The minimum absolute atomic E-state index is 0.0153. The van der Waals surface area contributed by atoms with Crippen LogP contribution in [0, 0.1) is 0 Å². The zero-order valence-electron chi connectivity index (χ0n) is 18.8. The number of sulfonamides is 1. The standard InChI is InChI=1S/C23H27ClN2O6S/c1-5-26(14-16(2)3)22(27)15-32-23(28)18-8-11-20(31-4)21(12-18)33(29,30)25-13-17-6-9-19(24)10-7-17/h6-12,25H,2,5,13-15H2,1,3-4H3. The Morgan fingerprint density at radius 3 is 2.39 bits per heavy atom. The van der Waals surface area contributed by atoms with Gasteiger partial charge in [0, 0.05) is 24.7 Å². The lowest BCUT2D eigenvalue weighted by atomic mass is 10.2. The SMILES string of the molecule is C=C(C)CN(CC)C(=O)COC(=O)c1ccc(OC)c(S(=O)(=O)NCc2ccc(Cl)cc2)c1. The minimum Gasteiger partial charge on any atom is -0.495 e. The molecule has 0 aliphatic rings. The van der Waals surface area contributed by atoms with Gasteiger partial charge in [0.05, 0.1) is 12.7 Å². The van der Waals surface area contributed by atoms with Crippen LogP contribution in [0.15, 0.2) is 59.5 Å². The summed E-state index contributed by atoms with van der Waals surface area (Å²) >= 11 is 5.85. The van der Waals surface area contributed by atoms with Gasteiger partial charge in [0.25, 0.3) is 5.91 Å². The summed E-state index contributed by atoms with van der Waals surface area (Å²) in [5.74, 6) is -1.14. The van der Waals surface area contributed by atoms with Gasteiger partial charge in [-0.3, -0.25) is 4.79 Å². The van der Waals surface area contributed by atoms with Crippen LogP contribution in [0.4, 0.5) is 0 Å². The highest BCUT2D eigenvalue weighted by molar-refractivity contribution is 7.89. The molecule has 1 amide bonds. The van der Waals surface area contributed by atoms with Crippen molar-refractivity contribution in [1.29, 1.82) is 0 Å². The second-order valence-corrected chi connectivity index (χ2v) is 9.43. The Labute approximate surface area is 199 Å². The fraction of sp³-hybridized carbons (Fsp3) is 0.304. The number of benzene rings is 2. The molecule has 0 aromatic heterocycles. The number of nitrogens with one attached hydrogen (secondary N) is 1. The normalized spacial score (nSPS) is 11.0. The number of esters is 1. The van der Waals surface area contributed by atoms with Gasteiger partial charge in [-0.1, -0.05) is 35.9 Å². The Morgan fingerprint density at radius 2 is 1.82 bits per heavy atom. The Hall–Kier alpha value is -2.88. The van der Waals surface area contributed by atoms with Crippen LogP contribution in [-0.4, -0.2) is 52.0 Å². The smallest absolute Gasteiger partial charge is 0.338 e. The molecule has 0 aliphatic carbocycles. The second kappa shape index (κ2) is 11.8. The molecule has 2 rings (SSSR count). The first-order chi connectivity index (χ1) is 15.6. The molecule has 0 atom stereocenters. The summed E-state index contributed by atoms with van der Waals surface area (Å²) in [4.78, 5) is 26.1. The summed E-state index contributed by atoms with van der Waals surface area (Å²) in [5.41, 5.74) is 1.47. The molecular formula is C23H27ClN2O6S. The molecule has 0 unspecified atom stereocenters. The van der Waals surface area contributed by atoms with Gasteiger partial charge in [-0.2, -0.15) is 0 Å². The van der Waals surface area contributed by atoms with E-state index in [-0.39, 0.29) is 28.7 Å². The highest BCUT2D eigenvalue weighted by Gasteiger charge is 2.23. The second-order valence-electron chi connectivity index (χ2n) is 7.26. The van der Waals surface area contributed by atoms with Crippen molar-refractivity contribution in [2.24, 2.45) is 0 Å². The average Bonchev–Trinajstić information content (AvgIpc) is 2.79. The lowest BCUT2D eigenvalue weighted by molar-refractivity contribution is -0.133. The molecule has 33 heavy (non-hydrogen) atoms. The Bertz CT molecular complexity index is 1120. The number of halogens is 1. The molecule has 0 radical (unpaired) electrons. The molecule has 8 nitrogen and oxygen atoms in total. The first-order valence-electron chi connectivity index (χ1n) is 10.1. The molecule has 0 aliphatic heterocycles. The van der Waals surface area contributed by atoms with Gasteiger partial charge in [0.1, 0.15) is 10.6 Å². The summed E-state index contributed by atoms with van der Waals surface area (Å²) < 4.78 is 38.5. The van der Waals surface area contributed by atoms with Crippen LogP contribution < -0.4 is 9.46 Å². The van der Waals surface area contributed by atoms with Crippen LogP contribution >= 0.6 is 11.6 Å². The van der Waals surface area contributed by atoms with E-state index in [1.54, 1.807) is 38.1 Å². The molecule has 2 aromatic rings. The van der Waals surface area contributed by atoms with Crippen molar-refractivity contribution in [1.82, 2.24) is 9.62 Å². The minimum atomic E-state index is -4.03. The van der Waals surface area contributed by atoms with Crippen LogP contribution in [0.3, 0.4) is 0 Å². The number of hydrogen-bond donors (Lipinski definition) is 1. The zero-order valence-corrected chi connectivity index (χ0v) is 20.3. The number of ether oxygens (including phenoxy) is 2. The molecule has 0 saturated heterocycles. The number of nitrogens with zero attached hydrogens (tertiary/aromatic N) is 1. The monoisotopic (exact) mass is 494 g/mol. The van der Waals surface area contributed by atoms with E-state index in [4.69, 9.17) is 21.1 Å². The van der Waals surface area contributed by atoms with Crippen molar-refractivity contribution in [2.45, 2.75) is 25.3 Å². The van der Waals surface area contributed by atoms with Gasteiger partial charge in [-0.15, -0.1) is 0 Å². The fourth-order valence-electron chi connectivity index (χ4n) is 2.88. The van der Waals surface area contributed by atoms with Gasteiger partial charge in [0.15, 0.2) is 6.61 Å². The van der Waals surface area contributed by atoms with Gasteiger partial charge >= 0.3 is 5.97 Å². The predicted molar refractivity (Wildman–Crippen MR) is 126 cm³/mol. The number of methoxy groups -OCH3 is 1. The third-order valence-electron chi connectivity index (χ3n) is 4.59. The van der Waals surface area contributed by atoms with E-state index >= 15 is 0 Å². The number of amides is 1. The molecule has 0 spiro atoms. The topological polar surface area (TPSA) is 102 Å². The maximum absolute atomic E-state index is 12.9. The summed E-state index contributed by atoms with van der Waals surface area (Å²) in [6.07, 6.45) is 0. The molecule has 0 saturated carbocycles. The summed E-state index contributed by atoms with van der Waals surface area (Å²) in [6, 6.07) is 10.6. The summed E-state index contributed by atoms with van der Waals surface area (Å²) in [6.45, 7) is 7.71. The van der Waals surface area contributed by atoms with Gasteiger partial charge in [-0.05, 0) is 49.7 Å². The van der Waals surface area contributed by atoms with Gasteiger partial charge < -0.3 is 14.4 Å². The van der Waals surface area contributed by atoms with E-state index in [9.17, 15) is 18.0 Å². The maximum Gasteiger partial charge on any atom is 0.338 e. The first kappa shape index (κ1) is 26.4. The van der Waals surface area contributed by atoms with E-state index in [0.717, 1.165) is 11.6 Å². The highest BCUT2D eigenvalue weighted by atomic mass is 35.5. The van der Waals surface area contributed by atoms with Gasteiger partial charge in [0.2, 0.25) is 10.0 Å². The van der Waals surface area contributed by atoms with E-state index in [1.807, 2.05) is 0 Å². The number of carbonyl (C=O) groups excluding carboxylic acids is 2.